The molecule has 0 aromatic heterocycles. The summed E-state index contributed by atoms with van der Waals surface area (Å²) in [6, 6.07) is 6.28. The largest absolute Gasteiger partial charge is 0.544 e. The molecule has 0 heterocycles. The molecule has 1 aliphatic rings. The predicted molar refractivity (Wildman–Crippen MR) is 87.5 cm³/mol. The zero-order valence-electron chi connectivity index (χ0n) is 13.0. The first-order valence-electron chi connectivity index (χ1n) is 7.14. The van der Waals surface area contributed by atoms with E-state index in [-0.39, 0.29) is 0 Å². The van der Waals surface area contributed by atoms with Crippen LogP contribution in [0.3, 0.4) is 0 Å². The summed E-state index contributed by atoms with van der Waals surface area (Å²) < 4.78 is 11.7. The molecule has 20 heavy (non-hydrogen) atoms. The van der Waals surface area contributed by atoms with Gasteiger partial charge < -0.3 is 9.16 Å². The second kappa shape index (κ2) is 5.88. The third kappa shape index (κ3) is 3.34. The Hall–Kier alpha value is -1.48. The van der Waals surface area contributed by atoms with Gasteiger partial charge >= 0.3 is 0 Å². The SMILES string of the molecule is C=CCC1=C(O[Si](C)(C)C)c2ccc(OC)cc2CC1. The Kier molecular flexibility index (Phi) is 4.38. The summed E-state index contributed by atoms with van der Waals surface area (Å²) in [5, 5.41) is 0. The fraction of sp³-hybridized carbons (Fsp3) is 0.412. The Bertz CT molecular complexity index is 538. The van der Waals surface area contributed by atoms with Crippen LogP contribution in [-0.4, -0.2) is 15.4 Å². The molecule has 0 amide bonds. The summed E-state index contributed by atoms with van der Waals surface area (Å²) in [4.78, 5) is 0. The van der Waals surface area contributed by atoms with Crippen LogP contribution in [0.15, 0.2) is 36.4 Å². The average molecular weight is 288 g/mol. The number of rotatable bonds is 5. The van der Waals surface area contributed by atoms with E-state index in [1.807, 2.05) is 12.1 Å². The van der Waals surface area contributed by atoms with Gasteiger partial charge in [0.05, 0.1) is 7.11 Å². The number of hydrogen-bond donors (Lipinski definition) is 0. The van der Waals surface area contributed by atoms with E-state index in [0.29, 0.717) is 0 Å². The standard InChI is InChI=1S/C17H24O2Si/c1-6-7-13-8-9-14-12-15(18-2)10-11-16(14)17(13)19-20(3,4)5/h6,10-12H,1,7-9H2,2-5H3. The molecule has 0 radical (unpaired) electrons. The van der Waals surface area contributed by atoms with Crippen molar-refractivity contribution in [2.45, 2.75) is 38.9 Å². The van der Waals surface area contributed by atoms with Crippen molar-refractivity contribution in [3.05, 3.63) is 47.6 Å². The molecule has 1 aromatic rings. The van der Waals surface area contributed by atoms with Crippen molar-refractivity contribution in [2.75, 3.05) is 7.11 Å². The molecule has 0 saturated heterocycles. The minimum atomic E-state index is -1.63. The van der Waals surface area contributed by atoms with Crippen molar-refractivity contribution in [1.82, 2.24) is 0 Å². The van der Waals surface area contributed by atoms with Crippen LogP contribution in [0.4, 0.5) is 0 Å². The lowest BCUT2D eigenvalue weighted by molar-refractivity contribution is 0.414. The lowest BCUT2D eigenvalue weighted by Gasteiger charge is -2.29. The number of hydrogen-bond acceptors (Lipinski definition) is 2. The molecule has 0 aliphatic heterocycles. The molecule has 2 nitrogen and oxygen atoms in total. The number of benzene rings is 1. The van der Waals surface area contributed by atoms with E-state index in [2.05, 4.69) is 38.4 Å². The quantitative estimate of drug-likeness (QED) is 0.573. The van der Waals surface area contributed by atoms with Crippen LogP contribution in [-0.2, 0) is 10.8 Å². The van der Waals surface area contributed by atoms with Gasteiger partial charge in [-0.15, -0.1) is 6.58 Å². The van der Waals surface area contributed by atoms with Crippen LogP contribution in [0.2, 0.25) is 19.6 Å². The Morgan fingerprint density at radius 1 is 1.25 bits per heavy atom. The zero-order valence-corrected chi connectivity index (χ0v) is 14.0. The van der Waals surface area contributed by atoms with Crippen molar-refractivity contribution in [2.24, 2.45) is 0 Å². The van der Waals surface area contributed by atoms with Crippen LogP contribution < -0.4 is 4.74 Å². The molecule has 0 atom stereocenters. The van der Waals surface area contributed by atoms with E-state index >= 15 is 0 Å². The van der Waals surface area contributed by atoms with E-state index < -0.39 is 8.32 Å². The zero-order chi connectivity index (χ0) is 14.8. The van der Waals surface area contributed by atoms with Gasteiger partial charge in [0.2, 0.25) is 8.32 Å². The first-order chi connectivity index (χ1) is 9.44. The second-order valence-corrected chi connectivity index (χ2v) is 10.6. The monoisotopic (exact) mass is 288 g/mol. The van der Waals surface area contributed by atoms with Crippen molar-refractivity contribution < 1.29 is 9.16 Å². The van der Waals surface area contributed by atoms with Crippen molar-refractivity contribution >= 4 is 14.1 Å². The third-order valence-corrected chi connectivity index (χ3v) is 4.19. The fourth-order valence-electron chi connectivity index (χ4n) is 2.52. The third-order valence-electron chi connectivity index (χ3n) is 3.37. The van der Waals surface area contributed by atoms with Gasteiger partial charge in [-0.1, -0.05) is 6.08 Å². The summed E-state index contributed by atoms with van der Waals surface area (Å²) in [6.07, 6.45) is 4.98. The molecule has 1 aromatic carbocycles. The molecule has 108 valence electrons. The molecular weight excluding hydrogens is 264 g/mol. The molecule has 3 heteroatoms. The Morgan fingerprint density at radius 3 is 2.60 bits per heavy atom. The highest BCUT2D eigenvalue weighted by Crippen LogP contribution is 2.37. The van der Waals surface area contributed by atoms with E-state index in [1.54, 1.807) is 7.11 Å². The summed E-state index contributed by atoms with van der Waals surface area (Å²) in [5.74, 6) is 2.01. The van der Waals surface area contributed by atoms with Crippen molar-refractivity contribution in [3.63, 3.8) is 0 Å². The number of ether oxygens (including phenoxy) is 1. The highest BCUT2D eigenvalue weighted by atomic mass is 28.4. The van der Waals surface area contributed by atoms with Gasteiger partial charge in [-0.2, -0.15) is 0 Å². The Labute approximate surface area is 123 Å². The van der Waals surface area contributed by atoms with Gasteiger partial charge in [-0.05, 0) is 68.2 Å². The van der Waals surface area contributed by atoms with Gasteiger partial charge in [-0.25, -0.2) is 0 Å². The second-order valence-electron chi connectivity index (χ2n) is 6.16. The Balaban J connectivity index is 2.47. The lowest BCUT2D eigenvalue weighted by Crippen LogP contribution is -2.26. The maximum atomic E-state index is 6.37. The predicted octanol–water partition coefficient (Wildman–Crippen LogP) is 4.78. The van der Waals surface area contributed by atoms with Crippen LogP contribution >= 0.6 is 0 Å². The average Bonchev–Trinajstić information content (AvgIpc) is 2.39. The molecule has 0 bridgehead atoms. The van der Waals surface area contributed by atoms with Gasteiger partial charge in [0.1, 0.15) is 11.5 Å². The van der Waals surface area contributed by atoms with Crippen molar-refractivity contribution in [3.8, 4) is 5.75 Å². The molecule has 0 fully saturated rings. The van der Waals surface area contributed by atoms with E-state index in [9.17, 15) is 0 Å². The first-order valence-corrected chi connectivity index (χ1v) is 10.5. The van der Waals surface area contributed by atoms with Crippen LogP contribution in [0.1, 0.15) is 24.0 Å². The van der Waals surface area contributed by atoms with Gasteiger partial charge in [0.15, 0.2) is 0 Å². The lowest BCUT2D eigenvalue weighted by atomic mass is 9.89. The molecule has 0 spiro atoms. The molecule has 0 N–H and O–H groups in total. The smallest absolute Gasteiger partial charge is 0.242 e. The van der Waals surface area contributed by atoms with E-state index in [0.717, 1.165) is 30.8 Å². The number of methoxy groups -OCH3 is 1. The summed E-state index contributed by atoms with van der Waals surface area (Å²) >= 11 is 0. The van der Waals surface area contributed by atoms with Crippen molar-refractivity contribution in [1.29, 1.82) is 0 Å². The summed E-state index contributed by atoms with van der Waals surface area (Å²) in [6.45, 7) is 10.5. The molecule has 0 saturated carbocycles. The van der Waals surface area contributed by atoms with Crippen LogP contribution in [0, 0.1) is 0 Å². The minimum absolute atomic E-state index is 0.908. The topological polar surface area (TPSA) is 18.5 Å². The van der Waals surface area contributed by atoms with Crippen LogP contribution in [0.5, 0.6) is 5.75 Å². The van der Waals surface area contributed by atoms with Gasteiger partial charge in [-0.3, -0.25) is 0 Å². The van der Waals surface area contributed by atoms with Gasteiger partial charge in [0, 0.05) is 5.56 Å². The number of allylic oxidation sites excluding steroid dienone is 2. The maximum absolute atomic E-state index is 6.37. The number of fused-ring (bicyclic) bond motifs is 1. The molecule has 1 aliphatic carbocycles. The fourth-order valence-corrected chi connectivity index (χ4v) is 3.38. The Morgan fingerprint density at radius 2 is 2.00 bits per heavy atom. The molecule has 2 rings (SSSR count). The van der Waals surface area contributed by atoms with Gasteiger partial charge in [0.25, 0.3) is 0 Å². The summed E-state index contributed by atoms with van der Waals surface area (Å²) in [5.41, 5.74) is 3.93. The molecule has 0 unspecified atom stereocenters. The first kappa shape index (κ1) is 14.9. The maximum Gasteiger partial charge on any atom is 0.242 e. The number of aryl methyl sites for hydroxylation is 1. The van der Waals surface area contributed by atoms with Crippen LogP contribution in [0.25, 0.3) is 5.76 Å². The normalized spacial score (nSPS) is 14.8. The highest BCUT2D eigenvalue weighted by molar-refractivity contribution is 6.70. The summed E-state index contributed by atoms with van der Waals surface area (Å²) in [7, 11) is 0.0821. The minimum Gasteiger partial charge on any atom is -0.544 e. The van der Waals surface area contributed by atoms with E-state index in [4.69, 9.17) is 9.16 Å². The van der Waals surface area contributed by atoms with E-state index in [1.165, 1.54) is 16.7 Å². The highest BCUT2D eigenvalue weighted by Gasteiger charge is 2.25. The molecular formula is C17H24O2Si.